The van der Waals surface area contributed by atoms with Crippen LogP contribution in [-0.4, -0.2) is 0 Å². The maximum absolute atomic E-state index is 12.7. The van der Waals surface area contributed by atoms with E-state index in [4.69, 9.17) is 0 Å². The number of benzene rings is 1. The molecule has 0 amide bonds. The van der Waals surface area contributed by atoms with Crippen molar-refractivity contribution in [1.82, 2.24) is 0 Å². The Hall–Kier alpha value is -1.11. The second-order valence-electron chi connectivity index (χ2n) is 4.31. The maximum Gasteiger partial charge on any atom is 0.123 e. The molecule has 1 aromatic rings. The zero-order chi connectivity index (χ0) is 10.5. The molecule has 1 aliphatic rings. The monoisotopic (exact) mass is 204 g/mol. The Morgan fingerprint density at radius 3 is 2.33 bits per heavy atom. The third kappa shape index (κ3) is 3.19. The number of rotatable bonds is 2. The zero-order valence-electron chi connectivity index (χ0n) is 8.95. The average Bonchev–Trinajstić information content (AvgIpc) is 2.30. The molecule has 1 fully saturated rings. The molecule has 1 aromatic carbocycles. The Morgan fingerprint density at radius 2 is 1.67 bits per heavy atom. The predicted molar refractivity (Wildman–Crippen MR) is 62.0 cm³/mol. The lowest BCUT2D eigenvalue weighted by molar-refractivity contribution is 0.420. The maximum atomic E-state index is 12.7. The molecule has 0 heterocycles. The van der Waals surface area contributed by atoms with Crippen LogP contribution in [0.1, 0.15) is 37.7 Å². The van der Waals surface area contributed by atoms with Gasteiger partial charge in [-0.15, -0.1) is 0 Å². The molecule has 0 nitrogen and oxygen atoms in total. The van der Waals surface area contributed by atoms with E-state index in [9.17, 15) is 4.39 Å². The fourth-order valence-corrected chi connectivity index (χ4v) is 2.15. The topological polar surface area (TPSA) is 0 Å². The molecule has 0 bridgehead atoms. The Balaban J connectivity index is 1.95. The van der Waals surface area contributed by atoms with Crippen LogP contribution >= 0.6 is 0 Å². The molecule has 1 heteroatoms. The van der Waals surface area contributed by atoms with Crippen LogP contribution in [0.15, 0.2) is 30.3 Å². The Morgan fingerprint density at radius 1 is 1.00 bits per heavy atom. The molecule has 0 atom stereocenters. The fourth-order valence-electron chi connectivity index (χ4n) is 2.15. The Kier molecular flexibility index (Phi) is 3.54. The van der Waals surface area contributed by atoms with Crippen molar-refractivity contribution in [3.8, 4) is 0 Å². The van der Waals surface area contributed by atoms with Gasteiger partial charge in [0.1, 0.15) is 5.82 Å². The normalized spacial score (nSPS) is 18.5. The highest BCUT2D eigenvalue weighted by molar-refractivity contribution is 5.49. The van der Waals surface area contributed by atoms with Crippen molar-refractivity contribution in [3.05, 3.63) is 41.7 Å². The first-order chi connectivity index (χ1) is 7.34. The van der Waals surface area contributed by atoms with Gasteiger partial charge in [0.2, 0.25) is 0 Å². The standard InChI is InChI=1S/C14H17F/c15-14-10-8-13(9-11-14)7-6-12-4-2-1-3-5-12/h6-12H,1-5H2. The van der Waals surface area contributed by atoms with Crippen LogP contribution < -0.4 is 0 Å². The number of hydrogen-bond acceptors (Lipinski definition) is 0. The molecule has 1 saturated carbocycles. The van der Waals surface area contributed by atoms with Gasteiger partial charge in [0, 0.05) is 0 Å². The summed E-state index contributed by atoms with van der Waals surface area (Å²) in [5.41, 5.74) is 1.10. The lowest BCUT2D eigenvalue weighted by atomic mass is 9.89. The fraction of sp³-hybridized carbons (Fsp3) is 0.429. The van der Waals surface area contributed by atoms with Crippen LogP contribution in [0.5, 0.6) is 0 Å². The van der Waals surface area contributed by atoms with Crippen LogP contribution in [0.2, 0.25) is 0 Å². The molecule has 0 aliphatic heterocycles. The van der Waals surface area contributed by atoms with Crippen LogP contribution in [0.25, 0.3) is 6.08 Å². The van der Waals surface area contributed by atoms with Gasteiger partial charge in [-0.1, -0.05) is 43.5 Å². The van der Waals surface area contributed by atoms with Gasteiger partial charge in [-0.3, -0.25) is 0 Å². The van der Waals surface area contributed by atoms with Crippen LogP contribution in [0.3, 0.4) is 0 Å². The molecule has 0 saturated heterocycles. The van der Waals surface area contributed by atoms with E-state index < -0.39 is 0 Å². The van der Waals surface area contributed by atoms with Crippen molar-refractivity contribution >= 4 is 6.08 Å². The largest absolute Gasteiger partial charge is 0.207 e. The molecule has 0 unspecified atom stereocenters. The third-order valence-electron chi connectivity index (χ3n) is 3.08. The van der Waals surface area contributed by atoms with E-state index in [1.807, 2.05) is 12.1 Å². The van der Waals surface area contributed by atoms with Gasteiger partial charge in [0.25, 0.3) is 0 Å². The van der Waals surface area contributed by atoms with Crippen molar-refractivity contribution in [2.45, 2.75) is 32.1 Å². The van der Waals surface area contributed by atoms with Crippen molar-refractivity contribution in [2.24, 2.45) is 5.92 Å². The highest BCUT2D eigenvalue weighted by Crippen LogP contribution is 2.25. The Labute approximate surface area is 90.8 Å². The van der Waals surface area contributed by atoms with E-state index in [1.165, 1.54) is 44.2 Å². The molecular weight excluding hydrogens is 187 g/mol. The van der Waals surface area contributed by atoms with E-state index in [0.717, 1.165) is 11.5 Å². The van der Waals surface area contributed by atoms with Crippen LogP contribution in [0.4, 0.5) is 4.39 Å². The van der Waals surface area contributed by atoms with E-state index in [2.05, 4.69) is 12.2 Å². The molecule has 0 spiro atoms. The number of allylic oxidation sites excluding steroid dienone is 1. The molecule has 0 radical (unpaired) electrons. The highest BCUT2D eigenvalue weighted by atomic mass is 19.1. The molecular formula is C14H17F. The molecule has 80 valence electrons. The van der Waals surface area contributed by atoms with Gasteiger partial charge < -0.3 is 0 Å². The molecule has 0 N–H and O–H groups in total. The van der Waals surface area contributed by atoms with Gasteiger partial charge in [0.05, 0.1) is 0 Å². The molecule has 1 aliphatic carbocycles. The van der Waals surface area contributed by atoms with Crippen LogP contribution in [0, 0.1) is 11.7 Å². The first kappa shape index (κ1) is 10.4. The SMILES string of the molecule is Fc1ccc(C=CC2CCCCC2)cc1. The highest BCUT2D eigenvalue weighted by Gasteiger charge is 2.09. The lowest BCUT2D eigenvalue weighted by Gasteiger charge is -2.17. The quantitative estimate of drug-likeness (QED) is 0.669. The molecule has 15 heavy (non-hydrogen) atoms. The second-order valence-corrected chi connectivity index (χ2v) is 4.31. The van der Waals surface area contributed by atoms with Gasteiger partial charge >= 0.3 is 0 Å². The first-order valence-corrected chi connectivity index (χ1v) is 5.78. The molecule has 2 rings (SSSR count). The lowest BCUT2D eigenvalue weighted by Crippen LogP contribution is -2.02. The van der Waals surface area contributed by atoms with Crippen molar-refractivity contribution in [2.75, 3.05) is 0 Å². The summed E-state index contributed by atoms with van der Waals surface area (Å²) >= 11 is 0. The van der Waals surface area contributed by atoms with Crippen molar-refractivity contribution in [1.29, 1.82) is 0 Å². The first-order valence-electron chi connectivity index (χ1n) is 5.78. The van der Waals surface area contributed by atoms with E-state index in [0.29, 0.717) is 0 Å². The van der Waals surface area contributed by atoms with Gasteiger partial charge in [-0.05, 0) is 36.5 Å². The number of halogens is 1. The minimum absolute atomic E-state index is 0.162. The summed E-state index contributed by atoms with van der Waals surface area (Å²) < 4.78 is 12.7. The summed E-state index contributed by atoms with van der Waals surface area (Å²) in [7, 11) is 0. The average molecular weight is 204 g/mol. The van der Waals surface area contributed by atoms with Crippen LogP contribution in [-0.2, 0) is 0 Å². The molecule has 0 aromatic heterocycles. The van der Waals surface area contributed by atoms with E-state index in [1.54, 1.807) is 0 Å². The second kappa shape index (κ2) is 5.11. The summed E-state index contributed by atoms with van der Waals surface area (Å²) in [5, 5.41) is 0. The predicted octanol–water partition coefficient (Wildman–Crippen LogP) is 4.42. The third-order valence-corrected chi connectivity index (χ3v) is 3.08. The summed E-state index contributed by atoms with van der Waals surface area (Å²) in [6.45, 7) is 0. The zero-order valence-corrected chi connectivity index (χ0v) is 8.95. The smallest absolute Gasteiger partial charge is 0.123 e. The summed E-state index contributed by atoms with van der Waals surface area (Å²) in [6.07, 6.45) is 11.1. The van der Waals surface area contributed by atoms with Gasteiger partial charge in [0.15, 0.2) is 0 Å². The van der Waals surface area contributed by atoms with Gasteiger partial charge in [-0.2, -0.15) is 0 Å². The summed E-state index contributed by atoms with van der Waals surface area (Å²) in [5.74, 6) is 0.577. The summed E-state index contributed by atoms with van der Waals surface area (Å²) in [4.78, 5) is 0. The van der Waals surface area contributed by atoms with E-state index in [-0.39, 0.29) is 5.82 Å². The number of hydrogen-bond donors (Lipinski definition) is 0. The van der Waals surface area contributed by atoms with Crippen molar-refractivity contribution in [3.63, 3.8) is 0 Å². The summed E-state index contributed by atoms with van der Waals surface area (Å²) in [6, 6.07) is 6.68. The van der Waals surface area contributed by atoms with Crippen molar-refractivity contribution < 1.29 is 4.39 Å². The minimum atomic E-state index is -0.162. The van der Waals surface area contributed by atoms with E-state index >= 15 is 0 Å². The van der Waals surface area contributed by atoms with Gasteiger partial charge in [-0.25, -0.2) is 4.39 Å². The minimum Gasteiger partial charge on any atom is -0.207 e. The Bertz CT molecular complexity index is 318.